The second-order valence-electron chi connectivity index (χ2n) is 3.59. The topological polar surface area (TPSA) is 63.6 Å². The molecule has 0 unspecified atom stereocenters. The first-order chi connectivity index (χ1) is 7.25. The van der Waals surface area contributed by atoms with Crippen molar-refractivity contribution < 1.29 is 19.4 Å². The lowest BCUT2D eigenvalue weighted by Gasteiger charge is -1.97. The summed E-state index contributed by atoms with van der Waals surface area (Å²) < 4.78 is 4.56. The number of hydrogen-bond acceptors (Lipinski definition) is 3. The highest BCUT2D eigenvalue weighted by molar-refractivity contribution is 5.67. The van der Waals surface area contributed by atoms with Gasteiger partial charge in [-0.2, -0.15) is 0 Å². The van der Waals surface area contributed by atoms with E-state index in [1.165, 1.54) is 6.92 Å². The molecule has 92 valence electrons. The molecule has 4 nitrogen and oxygen atoms in total. The van der Waals surface area contributed by atoms with E-state index in [9.17, 15) is 9.59 Å². The van der Waals surface area contributed by atoms with Crippen LogP contribution in [0.2, 0.25) is 0 Å². The van der Waals surface area contributed by atoms with E-state index in [1.54, 1.807) is 0 Å². The minimum atomic E-state index is -0.756. The molecule has 0 radical (unpaired) electrons. The second-order valence-corrected chi connectivity index (χ2v) is 3.59. The number of allylic oxidation sites excluding steroid dienone is 1. The second kappa shape index (κ2) is 9.96. The Morgan fingerprint density at radius 1 is 1.06 bits per heavy atom. The van der Waals surface area contributed by atoms with Crippen LogP contribution in [-0.4, -0.2) is 23.7 Å². The van der Waals surface area contributed by atoms with Crippen molar-refractivity contribution in [3.63, 3.8) is 0 Å². The predicted molar refractivity (Wildman–Crippen MR) is 63.1 cm³/mol. The zero-order chi connectivity index (χ0) is 13.1. The molecule has 0 aliphatic heterocycles. The number of hydrogen-bond donors (Lipinski definition) is 1. The van der Waals surface area contributed by atoms with Gasteiger partial charge in [-0.25, -0.2) is 0 Å². The van der Waals surface area contributed by atoms with E-state index in [0.29, 0.717) is 13.0 Å². The molecule has 0 rings (SSSR count). The zero-order valence-electron chi connectivity index (χ0n) is 10.2. The van der Waals surface area contributed by atoms with Crippen LogP contribution in [0, 0.1) is 0 Å². The Kier molecular flexibility index (Phi) is 10.5. The van der Waals surface area contributed by atoms with Crippen LogP contribution >= 0.6 is 0 Å². The van der Waals surface area contributed by atoms with Crippen LogP contribution in [0.15, 0.2) is 24.3 Å². The fourth-order valence-corrected chi connectivity index (χ4v) is 0.545. The van der Waals surface area contributed by atoms with Crippen molar-refractivity contribution in [2.75, 3.05) is 6.61 Å². The third-order valence-electron chi connectivity index (χ3n) is 1.29. The lowest BCUT2D eigenvalue weighted by atomic mass is 10.2. The van der Waals surface area contributed by atoms with Crippen molar-refractivity contribution >= 4 is 11.9 Å². The number of carboxylic acids is 1. The molecule has 0 heterocycles. The van der Waals surface area contributed by atoms with Crippen molar-refractivity contribution in [2.24, 2.45) is 0 Å². The fraction of sp³-hybridized carbons (Fsp3) is 0.500. The number of carboxylic acid groups (broad SMARTS) is 1. The van der Waals surface area contributed by atoms with Gasteiger partial charge in [0, 0.05) is 13.3 Å². The first-order valence-corrected chi connectivity index (χ1v) is 4.89. The molecule has 1 N–H and O–H groups in total. The Balaban J connectivity index is 0. The molecule has 16 heavy (non-hydrogen) atoms. The number of carbonyl (C=O) groups is 2. The highest BCUT2D eigenvalue weighted by Gasteiger charge is 1.93. The Morgan fingerprint density at radius 2 is 1.56 bits per heavy atom. The molecular weight excluding hydrogens is 208 g/mol. The molecule has 0 saturated heterocycles. The van der Waals surface area contributed by atoms with Gasteiger partial charge in [-0.3, -0.25) is 9.59 Å². The van der Waals surface area contributed by atoms with Gasteiger partial charge in [0.05, 0.1) is 0 Å². The smallest absolute Gasteiger partial charge is 0.303 e. The summed E-state index contributed by atoms with van der Waals surface area (Å²) in [6, 6.07) is 0. The summed E-state index contributed by atoms with van der Waals surface area (Å²) in [7, 11) is 0. The maximum Gasteiger partial charge on any atom is 0.303 e. The minimum absolute atomic E-state index is 0.204. The maximum atomic E-state index is 10.1. The van der Waals surface area contributed by atoms with E-state index >= 15 is 0 Å². The summed E-state index contributed by atoms with van der Waals surface area (Å²) in [6.07, 6.45) is 0.796. The van der Waals surface area contributed by atoms with Crippen molar-refractivity contribution in [3.05, 3.63) is 24.3 Å². The molecule has 0 aromatic rings. The predicted octanol–water partition coefficient (Wildman–Crippen LogP) is 2.55. The van der Waals surface area contributed by atoms with Gasteiger partial charge < -0.3 is 9.84 Å². The number of carbonyl (C=O) groups excluding carboxylic acids is 1. The summed E-state index contributed by atoms with van der Waals surface area (Å²) in [5, 5.41) is 8.12. The van der Waals surface area contributed by atoms with Crippen molar-refractivity contribution in [2.45, 2.75) is 33.6 Å². The van der Waals surface area contributed by atoms with Crippen molar-refractivity contribution in [1.29, 1.82) is 0 Å². The summed E-state index contributed by atoms with van der Waals surface area (Å²) >= 11 is 0. The van der Waals surface area contributed by atoms with Crippen LogP contribution in [-0.2, 0) is 14.3 Å². The van der Waals surface area contributed by atoms with E-state index in [2.05, 4.69) is 17.9 Å². The number of esters is 1. The highest BCUT2D eigenvalue weighted by Crippen LogP contribution is 1.98. The van der Waals surface area contributed by atoms with Crippen LogP contribution < -0.4 is 0 Å². The minimum Gasteiger partial charge on any atom is -0.481 e. The molecule has 0 aliphatic rings. The van der Waals surface area contributed by atoms with E-state index < -0.39 is 5.97 Å². The average molecular weight is 228 g/mol. The largest absolute Gasteiger partial charge is 0.481 e. The Hall–Kier alpha value is -1.58. The fourth-order valence-electron chi connectivity index (χ4n) is 0.545. The summed E-state index contributed by atoms with van der Waals surface area (Å²) in [5.41, 5.74) is 1.78. The average Bonchev–Trinajstić information content (AvgIpc) is 2.12. The number of aliphatic carboxylic acids is 1. The van der Waals surface area contributed by atoms with Gasteiger partial charge >= 0.3 is 11.9 Å². The van der Waals surface area contributed by atoms with E-state index in [1.807, 2.05) is 13.8 Å². The normalized spacial score (nSPS) is 8.44. The molecule has 0 saturated carbocycles. The zero-order valence-corrected chi connectivity index (χ0v) is 10.2. The van der Waals surface area contributed by atoms with Crippen LogP contribution in [0.5, 0.6) is 0 Å². The molecule has 0 aliphatic carbocycles. The molecule has 0 fully saturated rings. The molecule has 0 atom stereocenters. The first kappa shape index (κ1) is 16.8. The maximum absolute atomic E-state index is 10.1. The molecule has 0 amide bonds. The Bertz CT molecular complexity index is 210. The molecule has 0 spiro atoms. The molecular formula is C12H20O4. The van der Waals surface area contributed by atoms with Gasteiger partial charge in [0.25, 0.3) is 0 Å². The molecule has 0 aromatic carbocycles. The van der Waals surface area contributed by atoms with Gasteiger partial charge in [0.1, 0.15) is 6.61 Å². The van der Waals surface area contributed by atoms with E-state index in [-0.39, 0.29) is 12.4 Å². The lowest BCUT2D eigenvalue weighted by molar-refractivity contribution is -0.140. The Labute approximate surface area is 96.6 Å². The van der Waals surface area contributed by atoms with Gasteiger partial charge in [-0.1, -0.05) is 12.2 Å². The van der Waals surface area contributed by atoms with Crippen LogP contribution in [0.1, 0.15) is 33.6 Å². The quantitative estimate of drug-likeness (QED) is 0.580. The van der Waals surface area contributed by atoms with Gasteiger partial charge in [-0.15, -0.1) is 6.58 Å². The van der Waals surface area contributed by atoms with Gasteiger partial charge in [-0.05, 0) is 25.8 Å². The molecule has 0 bridgehead atoms. The number of rotatable bonds is 5. The summed E-state index contributed by atoms with van der Waals surface area (Å²) in [4.78, 5) is 19.9. The third kappa shape index (κ3) is 22.8. The summed E-state index contributed by atoms with van der Waals surface area (Å²) in [5.74, 6) is -1.01. The summed E-state index contributed by atoms with van der Waals surface area (Å²) in [6.45, 7) is 12.5. The Morgan fingerprint density at radius 3 is 1.69 bits per heavy atom. The number of ether oxygens (including phenoxy) is 1. The van der Waals surface area contributed by atoms with Crippen LogP contribution in [0.4, 0.5) is 0 Å². The van der Waals surface area contributed by atoms with E-state index in [4.69, 9.17) is 5.11 Å². The van der Waals surface area contributed by atoms with Crippen LogP contribution in [0.3, 0.4) is 0 Å². The molecule has 0 aromatic heterocycles. The first-order valence-electron chi connectivity index (χ1n) is 4.89. The van der Waals surface area contributed by atoms with Gasteiger partial charge in [0.2, 0.25) is 0 Å². The lowest BCUT2D eigenvalue weighted by Crippen LogP contribution is -1.99. The van der Waals surface area contributed by atoms with E-state index in [0.717, 1.165) is 11.1 Å². The molecule has 4 heteroatoms. The monoisotopic (exact) mass is 228 g/mol. The SMILES string of the molecule is C=C(C)CCC(=O)O.C=C(C)COC(C)=O. The third-order valence-corrected chi connectivity index (χ3v) is 1.29. The van der Waals surface area contributed by atoms with Crippen molar-refractivity contribution in [1.82, 2.24) is 0 Å². The van der Waals surface area contributed by atoms with Crippen molar-refractivity contribution in [3.8, 4) is 0 Å². The van der Waals surface area contributed by atoms with Crippen LogP contribution in [0.25, 0.3) is 0 Å². The highest BCUT2D eigenvalue weighted by atomic mass is 16.5. The van der Waals surface area contributed by atoms with Gasteiger partial charge in [0.15, 0.2) is 0 Å². The standard InChI is InChI=1S/2C6H10O2/c1-5(2)4-8-6(3)7;1-5(2)3-4-6(7)8/h1,4H2,2-3H3;1,3-4H2,2H3,(H,7,8).